The van der Waals surface area contributed by atoms with Crippen molar-refractivity contribution < 1.29 is 9.53 Å². The van der Waals surface area contributed by atoms with E-state index in [0.29, 0.717) is 16.5 Å². The number of hydrogen-bond donors (Lipinski definition) is 1. The van der Waals surface area contributed by atoms with Gasteiger partial charge in [-0.05, 0) is 34.1 Å². The minimum atomic E-state index is -1.27. The lowest BCUT2D eigenvalue weighted by molar-refractivity contribution is 0.219. The number of urea groups is 1. The lowest BCUT2D eigenvalue weighted by Crippen LogP contribution is -2.45. The highest BCUT2D eigenvalue weighted by Crippen LogP contribution is 2.42. The van der Waals surface area contributed by atoms with Crippen LogP contribution in [0.25, 0.3) is 0 Å². The summed E-state index contributed by atoms with van der Waals surface area (Å²) >= 11 is 23.0. The van der Waals surface area contributed by atoms with E-state index in [1.165, 1.54) is 23.8 Å². The third-order valence-corrected chi connectivity index (χ3v) is 5.93. The first-order chi connectivity index (χ1) is 10.6. The minimum Gasteiger partial charge on any atom is -0.495 e. The minimum absolute atomic E-state index is 0.236. The molecule has 0 aromatic heterocycles. The second-order valence-electron chi connectivity index (χ2n) is 4.97. The van der Waals surface area contributed by atoms with Crippen LogP contribution in [0.15, 0.2) is 18.2 Å². The van der Waals surface area contributed by atoms with E-state index >= 15 is 0 Å². The van der Waals surface area contributed by atoms with Gasteiger partial charge in [0, 0.05) is 18.0 Å². The number of amides is 2. The van der Waals surface area contributed by atoms with E-state index < -0.39 is 8.62 Å². The molecule has 4 nitrogen and oxygen atoms in total. The molecule has 130 valence electrons. The second kappa shape index (κ2) is 8.90. The Bertz CT molecular complexity index is 555. The van der Waals surface area contributed by atoms with E-state index in [1.807, 2.05) is 13.8 Å². The fourth-order valence-corrected chi connectivity index (χ4v) is 4.15. The van der Waals surface area contributed by atoms with Crippen LogP contribution < -0.4 is 10.1 Å². The average molecular weight is 465 g/mol. The van der Waals surface area contributed by atoms with Crippen LogP contribution in [-0.2, 0) is 0 Å². The summed E-state index contributed by atoms with van der Waals surface area (Å²) in [7, 11) is 3.15. The number of nitrogens with one attached hydrogen (secondary N) is 1. The highest BCUT2D eigenvalue weighted by Gasteiger charge is 2.38. The topological polar surface area (TPSA) is 41.6 Å². The molecule has 0 aliphatic rings. The summed E-state index contributed by atoms with van der Waals surface area (Å²) in [4.78, 5) is 13.9. The maximum atomic E-state index is 12.4. The van der Waals surface area contributed by atoms with Crippen LogP contribution in [0.1, 0.15) is 13.8 Å². The number of methoxy groups -OCH3 is 1. The standard InChI is InChI=1S/C14H18BrCl3N2O2S/c1-8(2)23-12(14(15,17)18)20(3)13(21)19-9-5-6-11(22-4)10(16)7-9/h5-8,12H,1-4H3,(H,19,21). The molecule has 1 unspecified atom stereocenters. The Morgan fingerprint density at radius 2 is 2.04 bits per heavy atom. The first kappa shape index (κ1) is 21.0. The highest BCUT2D eigenvalue weighted by molar-refractivity contribution is 9.11. The van der Waals surface area contributed by atoms with Gasteiger partial charge in [0.1, 0.15) is 11.1 Å². The molecule has 0 bridgehead atoms. The van der Waals surface area contributed by atoms with E-state index in [-0.39, 0.29) is 11.3 Å². The van der Waals surface area contributed by atoms with Gasteiger partial charge in [0.05, 0.1) is 12.1 Å². The van der Waals surface area contributed by atoms with Gasteiger partial charge in [0.25, 0.3) is 0 Å². The number of alkyl halides is 3. The molecule has 0 fully saturated rings. The number of anilines is 1. The Morgan fingerprint density at radius 1 is 1.43 bits per heavy atom. The number of thioether (sulfide) groups is 1. The summed E-state index contributed by atoms with van der Waals surface area (Å²) in [6, 6.07) is 4.63. The molecule has 1 aromatic rings. The fourth-order valence-electron chi connectivity index (χ4n) is 1.71. The van der Waals surface area contributed by atoms with Crippen molar-refractivity contribution in [2.45, 2.75) is 27.7 Å². The van der Waals surface area contributed by atoms with E-state index in [4.69, 9.17) is 39.5 Å². The third kappa shape index (κ3) is 6.42. The molecule has 0 spiro atoms. The van der Waals surface area contributed by atoms with Crippen molar-refractivity contribution in [2.24, 2.45) is 0 Å². The number of hydrogen-bond acceptors (Lipinski definition) is 3. The van der Waals surface area contributed by atoms with E-state index in [1.54, 1.807) is 25.2 Å². The molecule has 0 aliphatic carbocycles. The van der Waals surface area contributed by atoms with Gasteiger partial charge in [-0.3, -0.25) is 0 Å². The molecule has 1 atom stereocenters. The van der Waals surface area contributed by atoms with Crippen molar-refractivity contribution in [3.8, 4) is 5.75 Å². The molecule has 23 heavy (non-hydrogen) atoms. The van der Waals surface area contributed by atoms with Crippen LogP contribution in [-0.4, -0.2) is 39.0 Å². The molecule has 9 heteroatoms. The number of halogens is 4. The number of ether oxygens (including phenoxy) is 1. The molecular formula is C14H18BrCl3N2O2S. The number of carbonyl (C=O) groups is 1. The van der Waals surface area contributed by atoms with Crippen LogP contribution >= 0.6 is 62.5 Å². The Morgan fingerprint density at radius 3 is 2.48 bits per heavy atom. The first-order valence-electron chi connectivity index (χ1n) is 6.65. The quantitative estimate of drug-likeness (QED) is 0.427. The first-order valence-corrected chi connectivity index (χ1v) is 9.52. The molecule has 0 heterocycles. The number of benzene rings is 1. The third-order valence-electron chi connectivity index (χ3n) is 2.76. The molecule has 0 saturated heterocycles. The summed E-state index contributed by atoms with van der Waals surface area (Å²) in [5, 5.41) is 2.91. The van der Waals surface area contributed by atoms with Crippen LogP contribution in [0.2, 0.25) is 5.02 Å². The molecule has 2 amide bonds. The molecule has 1 rings (SSSR count). The Balaban J connectivity index is 2.88. The maximum Gasteiger partial charge on any atom is 0.322 e. The van der Waals surface area contributed by atoms with Crippen LogP contribution in [0.3, 0.4) is 0 Å². The largest absolute Gasteiger partial charge is 0.495 e. The molecule has 0 aliphatic heterocycles. The summed E-state index contributed by atoms with van der Waals surface area (Å²) in [6.07, 6.45) is 0. The number of nitrogens with zero attached hydrogens (tertiary/aromatic N) is 1. The lowest BCUT2D eigenvalue weighted by Gasteiger charge is -2.34. The van der Waals surface area contributed by atoms with Gasteiger partial charge >= 0.3 is 6.03 Å². The molecule has 0 radical (unpaired) electrons. The predicted molar refractivity (Wildman–Crippen MR) is 105 cm³/mol. The van der Waals surface area contributed by atoms with Gasteiger partial charge in [0.2, 0.25) is 3.24 Å². The maximum absolute atomic E-state index is 12.4. The van der Waals surface area contributed by atoms with Gasteiger partial charge in [-0.25, -0.2) is 4.79 Å². The summed E-state index contributed by atoms with van der Waals surface area (Å²) < 4.78 is 3.81. The number of carbonyl (C=O) groups excluding carboxylic acids is 1. The van der Waals surface area contributed by atoms with E-state index in [0.717, 1.165) is 0 Å². The molecular weight excluding hydrogens is 446 g/mol. The number of rotatable bonds is 6. The van der Waals surface area contributed by atoms with Crippen LogP contribution in [0.4, 0.5) is 10.5 Å². The van der Waals surface area contributed by atoms with Crippen molar-refractivity contribution in [2.75, 3.05) is 19.5 Å². The van der Waals surface area contributed by atoms with Gasteiger partial charge in [0.15, 0.2) is 0 Å². The van der Waals surface area contributed by atoms with Crippen molar-refractivity contribution in [1.29, 1.82) is 0 Å². The van der Waals surface area contributed by atoms with Crippen molar-refractivity contribution in [1.82, 2.24) is 4.90 Å². The van der Waals surface area contributed by atoms with Crippen molar-refractivity contribution in [3.63, 3.8) is 0 Å². The van der Waals surface area contributed by atoms with Crippen LogP contribution in [0.5, 0.6) is 5.75 Å². The monoisotopic (exact) mass is 462 g/mol. The summed E-state index contributed by atoms with van der Waals surface area (Å²) in [6.45, 7) is 4.00. The molecule has 1 aromatic carbocycles. The molecule has 0 saturated carbocycles. The summed E-state index contributed by atoms with van der Waals surface area (Å²) in [5.41, 5.74) is 0.547. The zero-order chi connectivity index (χ0) is 17.8. The van der Waals surface area contributed by atoms with Gasteiger partial charge in [-0.15, -0.1) is 11.8 Å². The average Bonchev–Trinajstić information content (AvgIpc) is 2.43. The van der Waals surface area contributed by atoms with Crippen molar-refractivity contribution in [3.05, 3.63) is 23.2 Å². The zero-order valence-electron chi connectivity index (χ0n) is 13.1. The van der Waals surface area contributed by atoms with E-state index in [9.17, 15) is 4.79 Å². The normalized spacial score (nSPS) is 12.9. The zero-order valence-corrected chi connectivity index (χ0v) is 17.7. The Kier molecular flexibility index (Phi) is 8.14. The predicted octanol–water partition coefficient (Wildman–Crippen LogP) is 5.81. The molecule has 1 N–H and O–H groups in total. The fraction of sp³-hybridized carbons (Fsp3) is 0.500. The second-order valence-corrected chi connectivity index (χ2v) is 10.6. The smallest absolute Gasteiger partial charge is 0.322 e. The lowest BCUT2D eigenvalue weighted by atomic mass is 10.3. The Labute approximate surface area is 164 Å². The van der Waals surface area contributed by atoms with Crippen molar-refractivity contribution >= 4 is 74.2 Å². The Hall–Kier alpha value is -0.0100. The van der Waals surface area contributed by atoms with Gasteiger partial charge in [-0.1, -0.05) is 48.7 Å². The summed E-state index contributed by atoms with van der Waals surface area (Å²) in [5.74, 6) is 0.534. The van der Waals surface area contributed by atoms with E-state index in [2.05, 4.69) is 21.2 Å². The SMILES string of the molecule is COc1ccc(NC(=O)N(C)C(SC(C)C)C(Cl)(Cl)Br)cc1Cl. The highest BCUT2D eigenvalue weighted by atomic mass is 79.9. The van der Waals surface area contributed by atoms with Crippen LogP contribution in [0, 0.1) is 0 Å². The van der Waals surface area contributed by atoms with Gasteiger partial charge < -0.3 is 15.0 Å². The van der Waals surface area contributed by atoms with Gasteiger partial charge in [-0.2, -0.15) is 0 Å².